The van der Waals surface area contributed by atoms with Crippen LogP contribution in [0.3, 0.4) is 0 Å². The number of phenols is 1. The van der Waals surface area contributed by atoms with Gasteiger partial charge < -0.3 is 5.11 Å². The topological polar surface area (TPSA) is 50.9 Å². The van der Waals surface area contributed by atoms with Crippen molar-refractivity contribution < 1.29 is 26.2 Å². The molecule has 0 spiro atoms. The van der Waals surface area contributed by atoms with Gasteiger partial charge in [-0.05, 0) is 95.3 Å². The van der Waals surface area contributed by atoms with E-state index < -0.39 is 0 Å². The minimum Gasteiger partial charge on any atom is -0.507 e. The molecule has 2 heterocycles. The minimum atomic E-state index is -0.138. The maximum atomic E-state index is 11.7. The monoisotopic (exact) mass is 925 g/mol. The number of aromatic nitrogens is 3. The number of benzene rings is 6. The molecule has 0 atom stereocenters. The third kappa shape index (κ3) is 8.02. The maximum absolute atomic E-state index is 11.7. The number of rotatable bonds is 8. The summed E-state index contributed by atoms with van der Waals surface area (Å²) < 4.78 is 2.24. The number of hydrogen-bond acceptors (Lipinski definition) is 3. The second-order valence-electron chi connectivity index (χ2n) is 16.5. The average Bonchev–Trinajstić information content (AvgIpc) is 3.58. The van der Waals surface area contributed by atoms with Crippen LogP contribution in [0.25, 0.3) is 72.7 Å². The Bertz CT molecular complexity index is 2710. The van der Waals surface area contributed by atoms with E-state index in [0.717, 1.165) is 78.9 Å². The van der Waals surface area contributed by atoms with Gasteiger partial charge in [-0.15, -0.1) is 29.3 Å². The van der Waals surface area contributed by atoms with Gasteiger partial charge in [-0.1, -0.05) is 137 Å². The fourth-order valence-corrected chi connectivity index (χ4v) is 7.77. The number of pyridine rings is 1. The van der Waals surface area contributed by atoms with Crippen molar-refractivity contribution in [2.45, 2.75) is 60.3 Å². The van der Waals surface area contributed by atoms with Crippen LogP contribution in [0.15, 0.2) is 140 Å². The van der Waals surface area contributed by atoms with Crippen molar-refractivity contribution in [2.24, 2.45) is 5.92 Å². The van der Waals surface area contributed by atoms with Gasteiger partial charge in [0.2, 0.25) is 0 Å². The molecule has 5 heteroatoms. The Labute approximate surface area is 351 Å². The molecule has 0 aliphatic carbocycles. The van der Waals surface area contributed by atoms with E-state index in [2.05, 4.69) is 167 Å². The molecule has 0 amide bonds. The first kappa shape index (κ1) is 39.7. The molecule has 0 saturated heterocycles. The molecule has 2 aromatic heterocycles. The van der Waals surface area contributed by atoms with Crippen LogP contribution in [0.1, 0.15) is 56.9 Å². The molecule has 0 bridgehead atoms. The predicted molar refractivity (Wildman–Crippen MR) is 233 cm³/mol. The van der Waals surface area contributed by atoms with E-state index in [4.69, 9.17) is 9.97 Å². The second-order valence-corrected chi connectivity index (χ2v) is 16.5. The SMILES string of the molecule is Cc1cc(C)c(O)c(-c2nc3c(-c4[c-]c(-c5cc(-c6ccccc6)ccn5)cc(C(C)(C)C)c4)cccc3n2-c2ccc(CC(C)C)cc2-c2ccccc2)c1.[Pt]. The number of aryl methyl sites for hydroxylation is 2. The Hall–Kier alpha value is -5.57. The molecule has 0 aliphatic heterocycles. The summed E-state index contributed by atoms with van der Waals surface area (Å²) in [6, 6.07) is 50.8. The largest absolute Gasteiger partial charge is 0.507 e. The second kappa shape index (κ2) is 16.1. The van der Waals surface area contributed by atoms with Gasteiger partial charge >= 0.3 is 0 Å². The summed E-state index contributed by atoms with van der Waals surface area (Å²) in [7, 11) is 0. The maximum Gasteiger partial charge on any atom is 0.148 e. The molecule has 57 heavy (non-hydrogen) atoms. The fraction of sp³-hybridized carbons (Fsp3) is 0.192. The van der Waals surface area contributed by atoms with Crippen LogP contribution in [-0.2, 0) is 32.9 Å². The predicted octanol–water partition coefficient (Wildman–Crippen LogP) is 13.4. The third-order valence-corrected chi connectivity index (χ3v) is 10.6. The molecule has 0 aliphatic rings. The van der Waals surface area contributed by atoms with E-state index in [1.807, 2.05) is 31.3 Å². The Morgan fingerprint density at radius 3 is 2.09 bits per heavy atom. The first-order chi connectivity index (χ1) is 26.9. The summed E-state index contributed by atoms with van der Waals surface area (Å²) in [6.07, 6.45) is 2.86. The van der Waals surface area contributed by atoms with Gasteiger partial charge in [0.15, 0.2) is 0 Å². The van der Waals surface area contributed by atoms with Crippen LogP contribution >= 0.6 is 0 Å². The van der Waals surface area contributed by atoms with Gasteiger partial charge in [-0.3, -0.25) is 9.55 Å². The third-order valence-electron chi connectivity index (χ3n) is 10.6. The molecule has 0 radical (unpaired) electrons. The van der Waals surface area contributed by atoms with E-state index in [1.165, 1.54) is 11.1 Å². The molecule has 8 aromatic rings. The van der Waals surface area contributed by atoms with Crippen molar-refractivity contribution in [1.82, 2.24) is 14.5 Å². The summed E-state index contributed by atoms with van der Waals surface area (Å²) in [5, 5.41) is 11.7. The van der Waals surface area contributed by atoms with Gasteiger partial charge in [-0.2, -0.15) is 0 Å². The van der Waals surface area contributed by atoms with Crippen molar-refractivity contribution >= 4 is 11.0 Å². The normalized spacial score (nSPS) is 11.6. The molecule has 6 aromatic carbocycles. The van der Waals surface area contributed by atoms with Crippen molar-refractivity contribution in [3.8, 4) is 67.5 Å². The quantitative estimate of drug-likeness (QED) is 0.155. The fourth-order valence-electron chi connectivity index (χ4n) is 7.77. The van der Waals surface area contributed by atoms with Crippen LogP contribution in [0, 0.1) is 25.8 Å². The summed E-state index contributed by atoms with van der Waals surface area (Å²) in [4.78, 5) is 10.4. The number of imidazole rings is 1. The van der Waals surface area contributed by atoms with Gasteiger partial charge in [-0.25, -0.2) is 4.98 Å². The minimum absolute atomic E-state index is 0. The van der Waals surface area contributed by atoms with Crippen LogP contribution in [-0.4, -0.2) is 19.6 Å². The zero-order valence-electron chi connectivity index (χ0n) is 33.7. The Balaban J connectivity index is 0.00000496. The molecule has 0 unspecified atom stereocenters. The molecule has 0 fully saturated rings. The standard InChI is InChI=1S/C52H48N3O.Pt/c1-33(2)25-36-21-22-47(44(28-36)38-17-12-9-13-18-38)55-48-20-14-19-43(49(48)54-51(55)45-27-34(3)26-35(4)50(45)56)40-29-41(31-42(30-40)52(5,6)7)46-32-39(23-24-53-46)37-15-10-8-11-16-37;/h8-24,26-28,30-33,56H,25H2,1-7H3;/q-1;. The van der Waals surface area contributed by atoms with Crippen LogP contribution in [0.2, 0.25) is 0 Å². The molecular weight excluding hydrogens is 878 g/mol. The number of aromatic hydroxyl groups is 1. The first-order valence-corrected chi connectivity index (χ1v) is 19.6. The van der Waals surface area contributed by atoms with E-state index >= 15 is 0 Å². The van der Waals surface area contributed by atoms with Crippen molar-refractivity contribution in [3.63, 3.8) is 0 Å². The Morgan fingerprint density at radius 1 is 0.684 bits per heavy atom. The van der Waals surface area contributed by atoms with Gasteiger partial charge in [0.25, 0.3) is 0 Å². The Morgan fingerprint density at radius 2 is 1.39 bits per heavy atom. The van der Waals surface area contributed by atoms with Gasteiger partial charge in [0.05, 0.1) is 22.3 Å². The van der Waals surface area contributed by atoms with Crippen molar-refractivity contribution in [1.29, 1.82) is 0 Å². The van der Waals surface area contributed by atoms with Crippen molar-refractivity contribution in [3.05, 3.63) is 168 Å². The first-order valence-electron chi connectivity index (χ1n) is 19.6. The molecule has 4 nitrogen and oxygen atoms in total. The molecule has 288 valence electrons. The van der Waals surface area contributed by atoms with Gasteiger partial charge in [0, 0.05) is 38.5 Å². The van der Waals surface area contributed by atoms with E-state index in [1.54, 1.807) is 0 Å². The van der Waals surface area contributed by atoms with Gasteiger partial charge in [0.1, 0.15) is 11.6 Å². The zero-order valence-corrected chi connectivity index (χ0v) is 35.9. The van der Waals surface area contributed by atoms with Crippen LogP contribution in [0.4, 0.5) is 0 Å². The van der Waals surface area contributed by atoms with E-state index in [-0.39, 0.29) is 32.2 Å². The van der Waals surface area contributed by atoms with Crippen molar-refractivity contribution in [2.75, 3.05) is 0 Å². The number of nitrogens with zero attached hydrogens (tertiary/aromatic N) is 3. The van der Waals surface area contributed by atoms with E-state index in [0.29, 0.717) is 17.3 Å². The smallest absolute Gasteiger partial charge is 0.148 e. The summed E-state index contributed by atoms with van der Waals surface area (Å²) in [6.45, 7) is 15.3. The molecule has 0 saturated carbocycles. The van der Waals surface area contributed by atoms with Crippen LogP contribution < -0.4 is 0 Å². The molecule has 8 rings (SSSR count). The Kier molecular flexibility index (Phi) is 11.2. The number of fused-ring (bicyclic) bond motifs is 1. The molecular formula is C52H48N3OPt-. The number of phenolic OH excluding ortho intramolecular Hbond substituents is 1. The van der Waals surface area contributed by atoms with Crippen LogP contribution in [0.5, 0.6) is 5.75 Å². The molecule has 1 N–H and O–H groups in total. The zero-order chi connectivity index (χ0) is 39.1. The summed E-state index contributed by atoms with van der Waals surface area (Å²) >= 11 is 0. The number of hydrogen-bond donors (Lipinski definition) is 1. The summed E-state index contributed by atoms with van der Waals surface area (Å²) in [5.41, 5.74) is 15.9. The summed E-state index contributed by atoms with van der Waals surface area (Å²) in [5.74, 6) is 1.44. The average molecular weight is 926 g/mol. The number of para-hydroxylation sites is 1. The van der Waals surface area contributed by atoms with E-state index in [9.17, 15) is 5.11 Å².